The topological polar surface area (TPSA) is 26.3 Å². The molecule has 76 valence electrons. The summed E-state index contributed by atoms with van der Waals surface area (Å²) in [4.78, 5) is 11.5. The first-order chi connectivity index (χ1) is 6.61. The highest BCUT2D eigenvalue weighted by atomic mass is 127. The highest BCUT2D eigenvalue weighted by molar-refractivity contribution is 14.1. The molecular formula is C9H7Cl2IO2. The van der Waals surface area contributed by atoms with Crippen LogP contribution in [0.2, 0.25) is 5.02 Å². The number of hydrogen-bond acceptors (Lipinski definition) is 2. The SMILES string of the molecule is COc1ccc(Cl)c(I)c1C(=O)CCl. The minimum atomic E-state index is -0.185. The standard InChI is InChI=1S/C9H7Cl2IO2/c1-14-7-3-2-5(11)9(12)8(7)6(13)4-10/h2-3H,4H2,1H3. The molecule has 0 saturated heterocycles. The van der Waals surface area contributed by atoms with Gasteiger partial charge in [-0.05, 0) is 34.7 Å². The third-order valence-corrected chi connectivity index (χ3v) is 3.67. The van der Waals surface area contributed by atoms with E-state index < -0.39 is 0 Å². The van der Waals surface area contributed by atoms with E-state index in [1.165, 1.54) is 7.11 Å². The number of benzene rings is 1. The lowest BCUT2D eigenvalue weighted by Crippen LogP contribution is -2.06. The Morgan fingerprint density at radius 1 is 1.57 bits per heavy atom. The quantitative estimate of drug-likeness (QED) is 0.477. The molecule has 0 radical (unpaired) electrons. The number of alkyl halides is 1. The maximum atomic E-state index is 11.5. The van der Waals surface area contributed by atoms with Crippen LogP contribution in [0, 0.1) is 3.57 Å². The van der Waals surface area contributed by atoms with Crippen LogP contribution in [0.25, 0.3) is 0 Å². The number of ketones is 1. The largest absolute Gasteiger partial charge is 0.496 e. The van der Waals surface area contributed by atoms with Gasteiger partial charge in [-0.3, -0.25) is 4.79 Å². The fraction of sp³-hybridized carbons (Fsp3) is 0.222. The summed E-state index contributed by atoms with van der Waals surface area (Å²) in [6.45, 7) is 0. The van der Waals surface area contributed by atoms with Crippen molar-refractivity contribution in [3.63, 3.8) is 0 Å². The van der Waals surface area contributed by atoms with Gasteiger partial charge in [-0.25, -0.2) is 0 Å². The summed E-state index contributed by atoms with van der Waals surface area (Å²) in [6, 6.07) is 3.34. The lowest BCUT2D eigenvalue weighted by atomic mass is 10.1. The van der Waals surface area contributed by atoms with Gasteiger partial charge in [0.15, 0.2) is 5.78 Å². The zero-order valence-electron chi connectivity index (χ0n) is 7.31. The van der Waals surface area contributed by atoms with Crippen LogP contribution >= 0.6 is 45.8 Å². The van der Waals surface area contributed by atoms with Crippen LogP contribution in [-0.4, -0.2) is 18.8 Å². The van der Waals surface area contributed by atoms with Crippen molar-refractivity contribution in [2.75, 3.05) is 13.0 Å². The number of carbonyl (C=O) groups excluding carboxylic acids is 1. The third-order valence-electron chi connectivity index (χ3n) is 1.68. The van der Waals surface area contributed by atoms with E-state index in [9.17, 15) is 4.79 Å². The van der Waals surface area contributed by atoms with Crippen LogP contribution in [0.15, 0.2) is 12.1 Å². The number of ether oxygens (including phenoxy) is 1. The zero-order chi connectivity index (χ0) is 10.7. The number of carbonyl (C=O) groups is 1. The first kappa shape index (κ1) is 12.1. The third kappa shape index (κ3) is 2.32. The van der Waals surface area contributed by atoms with Crippen LogP contribution in [0.4, 0.5) is 0 Å². The normalized spacial score (nSPS) is 10.0. The molecule has 0 fully saturated rings. The van der Waals surface area contributed by atoms with Crippen LogP contribution in [-0.2, 0) is 0 Å². The minimum absolute atomic E-state index is 0.0767. The number of halogens is 3. The number of Topliss-reactive ketones (excluding diaryl/α,β-unsaturated/α-hetero) is 1. The molecule has 1 aromatic carbocycles. The smallest absolute Gasteiger partial charge is 0.182 e. The number of hydrogen-bond donors (Lipinski definition) is 0. The van der Waals surface area contributed by atoms with Gasteiger partial charge in [0.2, 0.25) is 0 Å². The summed E-state index contributed by atoms with van der Waals surface area (Å²) >= 11 is 13.4. The molecule has 0 unspecified atom stereocenters. The summed E-state index contributed by atoms with van der Waals surface area (Å²) in [5.41, 5.74) is 0.454. The van der Waals surface area contributed by atoms with Crippen molar-refractivity contribution in [1.29, 1.82) is 0 Å². The molecule has 14 heavy (non-hydrogen) atoms. The Morgan fingerprint density at radius 2 is 2.21 bits per heavy atom. The van der Waals surface area contributed by atoms with Gasteiger partial charge in [0.1, 0.15) is 5.75 Å². The summed E-state index contributed by atoms with van der Waals surface area (Å²) in [5, 5.41) is 0.528. The van der Waals surface area contributed by atoms with Gasteiger partial charge in [0.25, 0.3) is 0 Å². The number of rotatable bonds is 3. The van der Waals surface area contributed by atoms with Crippen LogP contribution < -0.4 is 4.74 Å². The molecule has 0 amide bonds. The summed E-state index contributed by atoms with van der Waals surface area (Å²) in [5.74, 6) is 0.243. The Kier molecular flexibility index (Phi) is 4.47. The highest BCUT2D eigenvalue weighted by Gasteiger charge is 2.17. The van der Waals surface area contributed by atoms with Crippen molar-refractivity contribution in [3.05, 3.63) is 26.3 Å². The molecule has 0 N–H and O–H groups in total. The Bertz CT molecular complexity index is 366. The minimum Gasteiger partial charge on any atom is -0.496 e. The summed E-state index contributed by atoms with van der Waals surface area (Å²) in [6.07, 6.45) is 0. The monoisotopic (exact) mass is 344 g/mol. The molecular weight excluding hydrogens is 338 g/mol. The fourth-order valence-electron chi connectivity index (χ4n) is 1.03. The van der Waals surface area contributed by atoms with Gasteiger partial charge < -0.3 is 4.74 Å². The van der Waals surface area contributed by atoms with Gasteiger partial charge in [0.05, 0.1) is 23.6 Å². The van der Waals surface area contributed by atoms with Gasteiger partial charge in [0, 0.05) is 3.57 Å². The first-order valence-electron chi connectivity index (χ1n) is 3.73. The van der Waals surface area contributed by atoms with Crippen LogP contribution in [0.3, 0.4) is 0 Å². The van der Waals surface area contributed by atoms with E-state index in [0.29, 0.717) is 19.9 Å². The van der Waals surface area contributed by atoms with Crippen molar-refractivity contribution in [3.8, 4) is 5.75 Å². The molecule has 0 atom stereocenters. The van der Waals surface area contributed by atoms with E-state index in [4.69, 9.17) is 27.9 Å². The zero-order valence-corrected chi connectivity index (χ0v) is 11.0. The van der Waals surface area contributed by atoms with E-state index in [2.05, 4.69) is 0 Å². The van der Waals surface area contributed by atoms with E-state index in [-0.39, 0.29) is 11.7 Å². The van der Waals surface area contributed by atoms with Crippen LogP contribution in [0.5, 0.6) is 5.75 Å². The molecule has 0 heterocycles. The van der Waals surface area contributed by atoms with E-state index in [1.54, 1.807) is 12.1 Å². The summed E-state index contributed by atoms with van der Waals surface area (Å²) < 4.78 is 5.74. The molecule has 0 spiro atoms. The van der Waals surface area contributed by atoms with Crippen molar-refractivity contribution < 1.29 is 9.53 Å². The maximum Gasteiger partial charge on any atom is 0.182 e. The van der Waals surface area contributed by atoms with Gasteiger partial charge in [-0.15, -0.1) is 11.6 Å². The Balaban J connectivity index is 3.35. The second-order valence-corrected chi connectivity index (χ2v) is 4.25. The molecule has 5 heteroatoms. The van der Waals surface area contributed by atoms with Crippen molar-refractivity contribution >= 4 is 51.6 Å². The van der Waals surface area contributed by atoms with Crippen molar-refractivity contribution in [2.24, 2.45) is 0 Å². The molecule has 2 nitrogen and oxygen atoms in total. The lowest BCUT2D eigenvalue weighted by molar-refractivity contribution is 0.101. The Labute approximate surface area is 106 Å². The molecule has 1 aromatic rings. The molecule has 0 aliphatic rings. The Morgan fingerprint density at radius 3 is 2.71 bits per heavy atom. The number of methoxy groups -OCH3 is 1. The fourth-order valence-corrected chi connectivity index (χ4v) is 2.07. The molecule has 0 aliphatic carbocycles. The molecule has 0 aliphatic heterocycles. The molecule has 0 bridgehead atoms. The second kappa shape index (κ2) is 5.19. The molecule has 1 rings (SSSR count). The van der Waals surface area contributed by atoms with E-state index in [0.717, 1.165) is 0 Å². The highest BCUT2D eigenvalue weighted by Crippen LogP contribution is 2.30. The van der Waals surface area contributed by atoms with Gasteiger partial charge in [-0.1, -0.05) is 11.6 Å². The van der Waals surface area contributed by atoms with Crippen molar-refractivity contribution in [2.45, 2.75) is 0 Å². The lowest BCUT2D eigenvalue weighted by Gasteiger charge is -2.09. The first-order valence-corrected chi connectivity index (χ1v) is 5.72. The van der Waals surface area contributed by atoms with Gasteiger partial charge in [-0.2, -0.15) is 0 Å². The molecule has 0 aromatic heterocycles. The predicted octanol–water partition coefficient (Wildman–Crippen LogP) is 3.37. The second-order valence-electron chi connectivity index (χ2n) is 2.50. The van der Waals surface area contributed by atoms with Crippen molar-refractivity contribution in [1.82, 2.24) is 0 Å². The summed E-state index contributed by atoms with van der Waals surface area (Å²) in [7, 11) is 1.50. The predicted molar refractivity (Wildman–Crippen MR) is 65.8 cm³/mol. The average Bonchev–Trinajstić information content (AvgIpc) is 2.20. The van der Waals surface area contributed by atoms with E-state index >= 15 is 0 Å². The maximum absolute atomic E-state index is 11.5. The van der Waals surface area contributed by atoms with E-state index in [1.807, 2.05) is 22.6 Å². The van der Waals surface area contributed by atoms with Crippen LogP contribution in [0.1, 0.15) is 10.4 Å². The van der Waals surface area contributed by atoms with Gasteiger partial charge >= 0.3 is 0 Å². The molecule has 0 saturated carbocycles. The Hall–Kier alpha value is -0.000000000000000111. The average molecular weight is 345 g/mol.